The fourth-order valence-corrected chi connectivity index (χ4v) is 6.87. The minimum Gasteiger partial charge on any atom is -0.493 e. The molecule has 1 aliphatic rings. The average molecular weight is 718 g/mol. The fourth-order valence-electron chi connectivity index (χ4n) is 4.88. The Hall–Kier alpha value is -3.18. The number of aryl methyl sites for hydroxylation is 1. The third-order valence-corrected chi connectivity index (χ3v) is 9.29. The molecule has 230 valence electrons. The SMILES string of the molecule is CCCCSc1nc2n(n1)C(c1cc(Br)c(OCc3c(Cl)cccc3Cl)c(OC)c1)C(C(=O)Nc1cccc(C)c1)=C(C)N2. The van der Waals surface area contributed by atoms with Gasteiger partial charge in [-0.1, -0.05) is 66.5 Å². The molecule has 5 rings (SSSR count). The predicted octanol–water partition coefficient (Wildman–Crippen LogP) is 9.06. The first-order valence-electron chi connectivity index (χ1n) is 14.1. The lowest BCUT2D eigenvalue weighted by atomic mass is 9.94. The maximum Gasteiger partial charge on any atom is 0.255 e. The molecule has 2 heterocycles. The molecule has 0 radical (unpaired) electrons. The summed E-state index contributed by atoms with van der Waals surface area (Å²) in [7, 11) is 1.57. The highest BCUT2D eigenvalue weighted by atomic mass is 79.9. The van der Waals surface area contributed by atoms with E-state index in [-0.39, 0.29) is 12.5 Å². The Kier molecular flexibility index (Phi) is 10.5. The molecule has 2 N–H and O–H groups in total. The molecule has 0 spiro atoms. The van der Waals surface area contributed by atoms with E-state index >= 15 is 0 Å². The maximum atomic E-state index is 14.0. The van der Waals surface area contributed by atoms with Gasteiger partial charge in [0.25, 0.3) is 5.91 Å². The van der Waals surface area contributed by atoms with Gasteiger partial charge in [-0.15, -0.1) is 5.10 Å². The van der Waals surface area contributed by atoms with Gasteiger partial charge in [-0.2, -0.15) is 4.98 Å². The van der Waals surface area contributed by atoms with Crippen molar-refractivity contribution in [3.63, 3.8) is 0 Å². The number of hydrogen-bond acceptors (Lipinski definition) is 7. The van der Waals surface area contributed by atoms with E-state index in [1.165, 1.54) is 0 Å². The van der Waals surface area contributed by atoms with Gasteiger partial charge >= 0.3 is 0 Å². The summed E-state index contributed by atoms with van der Waals surface area (Å²) in [5.74, 6) is 2.14. The third-order valence-electron chi connectivity index (χ3n) is 7.07. The summed E-state index contributed by atoms with van der Waals surface area (Å²) in [5, 5.41) is 12.9. The minimum atomic E-state index is -0.610. The molecule has 1 atom stereocenters. The Morgan fingerprint density at radius 2 is 1.89 bits per heavy atom. The summed E-state index contributed by atoms with van der Waals surface area (Å²) in [6.45, 7) is 6.14. The van der Waals surface area contributed by atoms with Crippen molar-refractivity contribution in [1.29, 1.82) is 0 Å². The van der Waals surface area contributed by atoms with Crippen LogP contribution in [0.5, 0.6) is 11.5 Å². The molecule has 44 heavy (non-hydrogen) atoms. The number of nitrogens with zero attached hydrogens (tertiary/aromatic N) is 3. The monoisotopic (exact) mass is 715 g/mol. The number of anilines is 2. The number of allylic oxidation sites excluding steroid dienone is 1. The largest absolute Gasteiger partial charge is 0.493 e. The smallest absolute Gasteiger partial charge is 0.255 e. The normalized spacial score (nSPS) is 14.2. The first kappa shape index (κ1) is 32.2. The Morgan fingerprint density at radius 3 is 2.59 bits per heavy atom. The van der Waals surface area contributed by atoms with Crippen LogP contribution in [0.1, 0.15) is 49.4 Å². The van der Waals surface area contributed by atoms with E-state index in [1.807, 2.05) is 50.2 Å². The number of nitrogens with one attached hydrogen (secondary N) is 2. The van der Waals surface area contributed by atoms with Gasteiger partial charge in [-0.3, -0.25) is 4.79 Å². The van der Waals surface area contributed by atoms with Gasteiger partial charge in [0.1, 0.15) is 12.6 Å². The van der Waals surface area contributed by atoms with Crippen LogP contribution in [0.15, 0.2) is 75.5 Å². The molecule has 1 unspecified atom stereocenters. The van der Waals surface area contributed by atoms with E-state index in [1.54, 1.807) is 41.8 Å². The molecular weight excluding hydrogens is 685 g/mol. The van der Waals surface area contributed by atoms with Crippen LogP contribution < -0.4 is 20.1 Å². The molecule has 0 fully saturated rings. The second kappa shape index (κ2) is 14.3. The number of carbonyl (C=O) groups excluding carboxylic acids is 1. The Labute approximate surface area is 279 Å². The van der Waals surface area contributed by atoms with Crippen molar-refractivity contribution in [2.45, 2.75) is 51.4 Å². The highest BCUT2D eigenvalue weighted by Gasteiger charge is 2.35. The number of hydrogen-bond donors (Lipinski definition) is 2. The van der Waals surface area contributed by atoms with Gasteiger partial charge in [0.15, 0.2) is 11.5 Å². The number of carbonyl (C=O) groups is 1. The number of fused-ring (bicyclic) bond motifs is 1. The van der Waals surface area contributed by atoms with Crippen LogP contribution in [-0.2, 0) is 11.4 Å². The molecule has 0 aliphatic carbocycles. The first-order valence-corrected chi connectivity index (χ1v) is 16.6. The topological polar surface area (TPSA) is 90.3 Å². The van der Waals surface area contributed by atoms with Crippen molar-refractivity contribution in [2.75, 3.05) is 23.5 Å². The average Bonchev–Trinajstić information content (AvgIpc) is 3.38. The molecule has 0 bridgehead atoms. The molecule has 3 aromatic carbocycles. The van der Waals surface area contributed by atoms with Crippen LogP contribution in [0.25, 0.3) is 0 Å². The Bertz CT molecular complexity index is 1710. The van der Waals surface area contributed by atoms with Crippen LogP contribution in [0.4, 0.5) is 11.6 Å². The zero-order chi connectivity index (χ0) is 31.4. The number of amides is 1. The third kappa shape index (κ3) is 7.04. The fraction of sp³-hybridized carbons (Fsp3) is 0.281. The second-order valence-corrected chi connectivity index (χ2v) is 13.0. The molecule has 1 aromatic heterocycles. The first-order chi connectivity index (χ1) is 21.2. The standard InChI is InChI=1S/C32H32BrCl2N5O3S/c1-5-6-13-44-32-38-31-36-19(3)27(30(41)37-21-10-7-9-18(2)14-21)28(40(31)39-32)20-15-23(33)29(26(16-20)42-4)43-17-22-24(34)11-8-12-25(22)35/h7-12,14-16,28H,5-6,13,17H2,1-4H3,(H,37,41)(H,36,38,39). The number of aromatic nitrogens is 3. The second-order valence-electron chi connectivity index (χ2n) is 10.3. The van der Waals surface area contributed by atoms with Crippen molar-refractivity contribution in [3.8, 4) is 11.5 Å². The van der Waals surface area contributed by atoms with Crippen molar-refractivity contribution in [3.05, 3.63) is 97.1 Å². The van der Waals surface area contributed by atoms with Crippen LogP contribution in [-0.4, -0.2) is 33.5 Å². The zero-order valence-electron chi connectivity index (χ0n) is 24.7. The number of unbranched alkanes of at least 4 members (excludes halogenated alkanes) is 1. The van der Waals surface area contributed by atoms with E-state index < -0.39 is 6.04 Å². The summed E-state index contributed by atoms with van der Waals surface area (Å²) in [6, 6.07) is 16.2. The zero-order valence-corrected chi connectivity index (χ0v) is 28.6. The summed E-state index contributed by atoms with van der Waals surface area (Å²) in [5.41, 5.74) is 4.34. The Morgan fingerprint density at radius 1 is 1.14 bits per heavy atom. The summed E-state index contributed by atoms with van der Waals surface area (Å²) < 4.78 is 14.4. The van der Waals surface area contributed by atoms with E-state index in [0.717, 1.165) is 29.7 Å². The number of halogens is 3. The Balaban J connectivity index is 1.55. The quantitative estimate of drug-likeness (QED) is 0.118. The highest BCUT2D eigenvalue weighted by Crippen LogP contribution is 2.44. The van der Waals surface area contributed by atoms with Crippen molar-refractivity contribution >= 4 is 68.4 Å². The summed E-state index contributed by atoms with van der Waals surface area (Å²) in [6.07, 6.45) is 2.13. The summed E-state index contributed by atoms with van der Waals surface area (Å²) in [4.78, 5) is 18.7. The van der Waals surface area contributed by atoms with Gasteiger partial charge < -0.3 is 20.1 Å². The maximum absolute atomic E-state index is 14.0. The predicted molar refractivity (Wildman–Crippen MR) is 181 cm³/mol. The number of rotatable bonds is 11. The molecule has 0 saturated heterocycles. The molecule has 0 saturated carbocycles. The van der Waals surface area contributed by atoms with Gasteiger partial charge in [0.05, 0.1) is 17.2 Å². The van der Waals surface area contributed by atoms with Gasteiger partial charge in [0.2, 0.25) is 11.1 Å². The number of benzene rings is 3. The van der Waals surface area contributed by atoms with Crippen molar-refractivity contribution < 1.29 is 14.3 Å². The molecule has 4 aromatic rings. The molecule has 1 aliphatic heterocycles. The van der Waals surface area contributed by atoms with E-state index in [9.17, 15) is 4.79 Å². The lowest BCUT2D eigenvalue weighted by Crippen LogP contribution is -2.31. The molecular formula is C32H32BrCl2N5O3S. The van der Waals surface area contributed by atoms with E-state index in [4.69, 9.17) is 42.8 Å². The van der Waals surface area contributed by atoms with Gasteiger partial charge in [-0.05, 0) is 83.7 Å². The van der Waals surface area contributed by atoms with Gasteiger partial charge in [-0.25, -0.2) is 4.68 Å². The van der Waals surface area contributed by atoms with E-state index in [2.05, 4.69) is 33.5 Å². The summed E-state index contributed by atoms with van der Waals surface area (Å²) >= 11 is 18.0. The molecule has 8 nitrogen and oxygen atoms in total. The number of thioether (sulfide) groups is 1. The molecule has 12 heteroatoms. The highest BCUT2D eigenvalue weighted by molar-refractivity contribution is 9.10. The van der Waals surface area contributed by atoms with Crippen LogP contribution in [0.2, 0.25) is 10.0 Å². The van der Waals surface area contributed by atoms with Crippen LogP contribution in [0, 0.1) is 6.92 Å². The van der Waals surface area contributed by atoms with Crippen LogP contribution in [0.3, 0.4) is 0 Å². The lowest BCUT2D eigenvalue weighted by molar-refractivity contribution is -0.113. The molecule has 1 amide bonds. The van der Waals surface area contributed by atoms with Crippen molar-refractivity contribution in [2.24, 2.45) is 0 Å². The number of methoxy groups -OCH3 is 1. The van der Waals surface area contributed by atoms with Crippen LogP contribution >= 0.6 is 50.9 Å². The lowest BCUT2D eigenvalue weighted by Gasteiger charge is -2.29. The van der Waals surface area contributed by atoms with Gasteiger partial charge in [0, 0.05) is 32.7 Å². The minimum absolute atomic E-state index is 0.134. The number of ether oxygens (including phenoxy) is 2. The van der Waals surface area contributed by atoms with E-state index in [0.29, 0.717) is 59.6 Å². The van der Waals surface area contributed by atoms with Crippen molar-refractivity contribution in [1.82, 2.24) is 14.8 Å².